The molecular formula is C13H13ClO4. The summed E-state index contributed by atoms with van der Waals surface area (Å²) < 4.78 is 10.7. The van der Waals surface area contributed by atoms with Crippen LogP contribution in [0.15, 0.2) is 6.07 Å². The Hall–Kier alpha value is -1.42. The van der Waals surface area contributed by atoms with E-state index in [1.165, 1.54) is 0 Å². The number of carbonyl (C=O) groups is 1. The molecule has 1 aliphatic heterocycles. The van der Waals surface area contributed by atoms with Crippen LogP contribution in [-0.2, 0) is 10.2 Å². The summed E-state index contributed by atoms with van der Waals surface area (Å²) in [6.07, 6.45) is 2.23. The van der Waals surface area contributed by atoms with Crippen molar-refractivity contribution in [2.75, 3.05) is 6.79 Å². The second-order valence-electron chi connectivity index (χ2n) is 4.84. The Balaban J connectivity index is 2.19. The first-order valence-corrected chi connectivity index (χ1v) is 6.26. The van der Waals surface area contributed by atoms with Crippen LogP contribution in [0.2, 0.25) is 5.02 Å². The Labute approximate surface area is 109 Å². The van der Waals surface area contributed by atoms with Crippen molar-refractivity contribution in [2.24, 2.45) is 0 Å². The van der Waals surface area contributed by atoms with Crippen LogP contribution in [0.25, 0.3) is 0 Å². The zero-order chi connectivity index (χ0) is 12.9. The van der Waals surface area contributed by atoms with Crippen LogP contribution in [0.5, 0.6) is 11.5 Å². The number of ether oxygens (including phenoxy) is 2. The fraction of sp³-hybridized carbons (Fsp3) is 0.462. The Morgan fingerprint density at radius 1 is 1.39 bits per heavy atom. The van der Waals surface area contributed by atoms with Crippen LogP contribution < -0.4 is 9.47 Å². The third-order valence-electron chi connectivity index (χ3n) is 3.98. The largest absolute Gasteiger partial charge is 0.481 e. The molecule has 2 aliphatic rings. The lowest BCUT2D eigenvalue weighted by Crippen LogP contribution is -2.42. The molecule has 0 spiro atoms. The van der Waals surface area contributed by atoms with Gasteiger partial charge in [0.05, 0.1) is 10.4 Å². The molecule has 0 radical (unpaired) electrons. The van der Waals surface area contributed by atoms with E-state index < -0.39 is 11.4 Å². The first-order valence-electron chi connectivity index (χ1n) is 5.89. The van der Waals surface area contributed by atoms with E-state index in [0.29, 0.717) is 29.4 Å². The molecule has 0 saturated heterocycles. The molecule has 3 rings (SSSR count). The molecule has 0 atom stereocenters. The van der Waals surface area contributed by atoms with E-state index in [-0.39, 0.29) is 6.79 Å². The fourth-order valence-corrected chi connectivity index (χ4v) is 3.03. The molecule has 5 heteroatoms. The molecule has 0 bridgehead atoms. The van der Waals surface area contributed by atoms with Gasteiger partial charge in [0.15, 0.2) is 11.5 Å². The van der Waals surface area contributed by atoms with Crippen molar-refractivity contribution in [1.29, 1.82) is 0 Å². The molecule has 4 nitrogen and oxygen atoms in total. The van der Waals surface area contributed by atoms with E-state index >= 15 is 0 Å². The number of rotatable bonds is 2. The highest BCUT2D eigenvalue weighted by Gasteiger charge is 2.48. The minimum atomic E-state index is -0.797. The summed E-state index contributed by atoms with van der Waals surface area (Å²) in [6.45, 7) is 2.00. The average Bonchev–Trinajstić information content (AvgIpc) is 2.72. The molecule has 1 saturated carbocycles. The summed E-state index contributed by atoms with van der Waals surface area (Å²) in [7, 11) is 0. The Bertz CT molecular complexity index is 534. The zero-order valence-electron chi connectivity index (χ0n) is 9.96. The summed E-state index contributed by atoms with van der Waals surface area (Å²) in [6, 6.07) is 1.72. The number of hydrogen-bond acceptors (Lipinski definition) is 3. The molecular weight excluding hydrogens is 256 g/mol. The molecule has 1 aliphatic carbocycles. The molecule has 18 heavy (non-hydrogen) atoms. The lowest BCUT2D eigenvalue weighted by atomic mass is 9.63. The van der Waals surface area contributed by atoms with Crippen LogP contribution in [0, 0.1) is 6.92 Å². The summed E-state index contributed by atoms with van der Waals surface area (Å²) >= 11 is 6.14. The Morgan fingerprint density at radius 2 is 2.06 bits per heavy atom. The maximum Gasteiger partial charge on any atom is 0.314 e. The summed E-state index contributed by atoms with van der Waals surface area (Å²) in [5, 5.41) is 9.91. The van der Waals surface area contributed by atoms with Crippen LogP contribution in [0.4, 0.5) is 0 Å². The van der Waals surface area contributed by atoms with Gasteiger partial charge in [-0.15, -0.1) is 0 Å². The maximum absolute atomic E-state index is 11.6. The third kappa shape index (κ3) is 1.35. The van der Waals surface area contributed by atoms with E-state index in [9.17, 15) is 9.90 Å². The van der Waals surface area contributed by atoms with Crippen LogP contribution in [-0.4, -0.2) is 17.9 Å². The number of carboxylic acids is 1. The van der Waals surface area contributed by atoms with E-state index in [0.717, 1.165) is 17.5 Å². The highest BCUT2D eigenvalue weighted by atomic mass is 35.5. The highest BCUT2D eigenvalue weighted by Crippen LogP contribution is 2.51. The number of benzene rings is 1. The van der Waals surface area contributed by atoms with Gasteiger partial charge in [0.2, 0.25) is 6.79 Å². The van der Waals surface area contributed by atoms with Gasteiger partial charge in [-0.2, -0.15) is 0 Å². The van der Waals surface area contributed by atoms with Gasteiger partial charge in [0, 0.05) is 0 Å². The van der Waals surface area contributed by atoms with Gasteiger partial charge in [-0.3, -0.25) is 4.79 Å². The maximum atomic E-state index is 11.6. The summed E-state index contributed by atoms with van der Waals surface area (Å²) in [4.78, 5) is 11.6. The fourth-order valence-electron chi connectivity index (χ4n) is 2.78. The van der Waals surface area contributed by atoms with Gasteiger partial charge in [-0.1, -0.05) is 18.0 Å². The minimum Gasteiger partial charge on any atom is -0.481 e. The topological polar surface area (TPSA) is 55.8 Å². The lowest BCUT2D eigenvalue weighted by molar-refractivity contribution is -0.147. The van der Waals surface area contributed by atoms with Gasteiger partial charge in [-0.05, 0) is 37.0 Å². The van der Waals surface area contributed by atoms with E-state index in [1.807, 2.05) is 6.92 Å². The van der Waals surface area contributed by atoms with Gasteiger partial charge < -0.3 is 14.6 Å². The van der Waals surface area contributed by atoms with Crippen molar-refractivity contribution < 1.29 is 19.4 Å². The predicted molar refractivity (Wildman–Crippen MR) is 65.5 cm³/mol. The van der Waals surface area contributed by atoms with Gasteiger partial charge in [0.1, 0.15) is 0 Å². The van der Waals surface area contributed by atoms with E-state index in [4.69, 9.17) is 21.1 Å². The first-order chi connectivity index (χ1) is 8.56. The number of aliphatic carboxylic acids is 1. The van der Waals surface area contributed by atoms with E-state index in [2.05, 4.69) is 0 Å². The van der Waals surface area contributed by atoms with Crippen molar-refractivity contribution in [3.8, 4) is 11.5 Å². The van der Waals surface area contributed by atoms with Crippen LogP contribution >= 0.6 is 11.6 Å². The summed E-state index contributed by atoms with van der Waals surface area (Å²) in [5.74, 6) is 0.328. The molecule has 0 unspecified atom stereocenters. The molecule has 1 N–H and O–H groups in total. The first kappa shape index (κ1) is 11.7. The highest BCUT2D eigenvalue weighted by molar-refractivity contribution is 6.32. The standard InChI is InChI=1S/C13H13ClO4/c1-7-8(13(12(15)16)3-2-4-13)5-9(14)11-10(7)17-6-18-11/h5H,2-4,6H2,1H3,(H,15,16). The number of halogens is 1. The quantitative estimate of drug-likeness (QED) is 0.896. The molecule has 0 amide bonds. The second kappa shape index (κ2) is 3.79. The second-order valence-corrected chi connectivity index (χ2v) is 5.24. The molecule has 0 aromatic heterocycles. The Morgan fingerprint density at radius 3 is 2.61 bits per heavy atom. The summed E-state index contributed by atoms with van der Waals surface area (Å²) in [5.41, 5.74) is 0.791. The zero-order valence-corrected chi connectivity index (χ0v) is 10.7. The van der Waals surface area contributed by atoms with E-state index in [1.54, 1.807) is 6.07 Å². The number of carboxylic acid groups (broad SMARTS) is 1. The Kier molecular flexibility index (Phi) is 2.45. The SMILES string of the molecule is Cc1c(C2(C(=O)O)CCC2)cc(Cl)c2c1OCO2. The molecule has 1 heterocycles. The lowest BCUT2D eigenvalue weighted by Gasteiger charge is -2.39. The molecule has 1 fully saturated rings. The molecule has 96 valence electrons. The van der Waals surface area contributed by atoms with Gasteiger partial charge in [-0.25, -0.2) is 0 Å². The van der Waals surface area contributed by atoms with Crippen LogP contribution in [0.3, 0.4) is 0 Å². The van der Waals surface area contributed by atoms with Crippen molar-refractivity contribution in [3.05, 3.63) is 22.2 Å². The van der Waals surface area contributed by atoms with Gasteiger partial charge in [0.25, 0.3) is 0 Å². The van der Waals surface area contributed by atoms with Crippen molar-refractivity contribution in [3.63, 3.8) is 0 Å². The predicted octanol–water partition coefficient (Wildman–Crippen LogP) is 2.88. The molecule has 1 aromatic carbocycles. The average molecular weight is 269 g/mol. The van der Waals surface area contributed by atoms with Crippen molar-refractivity contribution in [1.82, 2.24) is 0 Å². The number of hydrogen-bond donors (Lipinski definition) is 1. The molecule has 1 aromatic rings. The van der Waals surface area contributed by atoms with Crippen molar-refractivity contribution >= 4 is 17.6 Å². The normalized spacial score (nSPS) is 19.4. The number of fused-ring (bicyclic) bond motifs is 1. The minimum absolute atomic E-state index is 0.138. The monoisotopic (exact) mass is 268 g/mol. The smallest absolute Gasteiger partial charge is 0.314 e. The van der Waals surface area contributed by atoms with Crippen molar-refractivity contribution in [2.45, 2.75) is 31.6 Å². The van der Waals surface area contributed by atoms with Gasteiger partial charge >= 0.3 is 5.97 Å². The van der Waals surface area contributed by atoms with Crippen LogP contribution in [0.1, 0.15) is 30.4 Å². The third-order valence-corrected chi connectivity index (χ3v) is 4.26.